The van der Waals surface area contributed by atoms with Crippen LogP contribution in [0.15, 0.2) is 4.79 Å². The maximum atomic E-state index is 12.4. The lowest BCUT2D eigenvalue weighted by molar-refractivity contribution is -0.911. The van der Waals surface area contributed by atoms with Crippen LogP contribution in [0.5, 0.6) is 11.6 Å². The van der Waals surface area contributed by atoms with Crippen molar-refractivity contribution in [3.63, 3.8) is 0 Å². The van der Waals surface area contributed by atoms with Gasteiger partial charge in [0.15, 0.2) is 10.8 Å². The number of imidazole rings is 1. The van der Waals surface area contributed by atoms with Gasteiger partial charge in [0.25, 0.3) is 5.69 Å². The van der Waals surface area contributed by atoms with Gasteiger partial charge in [-0.25, -0.2) is 4.79 Å². The van der Waals surface area contributed by atoms with Crippen LogP contribution < -0.4 is 25.6 Å². The molecular weight excluding hydrogens is 364 g/mol. The van der Waals surface area contributed by atoms with Gasteiger partial charge >= 0.3 is 11.6 Å². The number of aromatic amines is 1. The molecule has 0 fully saturated rings. The van der Waals surface area contributed by atoms with E-state index in [0.717, 1.165) is 4.73 Å². The molecule has 11 heteroatoms. The molecule has 0 spiro atoms. The lowest BCUT2D eigenvalue weighted by atomic mass is 10.1. The van der Waals surface area contributed by atoms with E-state index in [1.807, 2.05) is 0 Å². The quantitative estimate of drug-likeness (QED) is 0.341. The zero-order chi connectivity index (χ0) is 19.2. The second-order valence-corrected chi connectivity index (χ2v) is 6.00. The molecule has 3 aromatic rings. The minimum atomic E-state index is -0.472. The molecule has 3 aromatic heterocycles. The Morgan fingerprint density at radius 1 is 1.27 bits per heavy atom. The number of nitrogens with one attached hydrogen (secondary N) is 1. The van der Waals surface area contributed by atoms with Gasteiger partial charge in [0, 0.05) is 0 Å². The van der Waals surface area contributed by atoms with Crippen molar-refractivity contribution in [1.82, 2.24) is 19.5 Å². The molecule has 0 radical (unpaired) electrons. The van der Waals surface area contributed by atoms with Crippen molar-refractivity contribution in [1.29, 1.82) is 0 Å². The van der Waals surface area contributed by atoms with E-state index in [9.17, 15) is 10.0 Å². The normalized spacial score (nSPS) is 11.1. The monoisotopic (exact) mass is 381 g/mol. The number of anilines is 1. The highest BCUT2D eigenvalue weighted by molar-refractivity contribution is 6.33. The number of pyridine rings is 1. The van der Waals surface area contributed by atoms with Gasteiger partial charge in [-0.15, -0.1) is 0 Å². The Hall–Kier alpha value is -3.01. The molecule has 4 N–H and O–H groups in total. The summed E-state index contributed by atoms with van der Waals surface area (Å²) in [5, 5.41) is 10.6. The molecular formula is C15H18ClN6O4+. The van der Waals surface area contributed by atoms with Crippen LogP contribution in [-0.2, 0) is 6.54 Å². The summed E-state index contributed by atoms with van der Waals surface area (Å²) in [5.41, 5.74) is 7.30. The van der Waals surface area contributed by atoms with Crippen molar-refractivity contribution in [3.05, 3.63) is 32.5 Å². The standard InChI is InChI=1S/C15H17ClN6O4/c1-6-8(22(24)13(26-4)7(2)10(6)25-3)5-21-12-9(18-15(21)23)11(16)19-14(17)20-12/h5H2,1-4H3,(H3-,17,18,19,20,23,24)/p+1. The highest BCUT2D eigenvalue weighted by atomic mass is 35.5. The molecule has 0 aromatic carbocycles. The molecule has 0 aliphatic carbocycles. The Bertz CT molecular complexity index is 1040. The maximum absolute atomic E-state index is 12.4. The third-order valence-corrected chi connectivity index (χ3v) is 4.46. The molecule has 0 aliphatic rings. The number of hydrogen-bond acceptors (Lipinski definition) is 7. The van der Waals surface area contributed by atoms with Crippen LogP contribution in [0.2, 0.25) is 5.15 Å². The van der Waals surface area contributed by atoms with Crippen LogP contribution in [0.4, 0.5) is 5.95 Å². The second kappa shape index (κ2) is 6.37. The first kappa shape index (κ1) is 17.8. The van der Waals surface area contributed by atoms with Gasteiger partial charge in [0.1, 0.15) is 23.4 Å². The Labute approximate surface area is 152 Å². The smallest absolute Gasteiger partial charge is 0.423 e. The number of methoxy groups -OCH3 is 2. The Kier molecular flexibility index (Phi) is 4.36. The van der Waals surface area contributed by atoms with Crippen molar-refractivity contribution >= 4 is 28.7 Å². The van der Waals surface area contributed by atoms with E-state index >= 15 is 0 Å². The largest absolute Gasteiger partial charge is 0.496 e. The predicted molar refractivity (Wildman–Crippen MR) is 93.1 cm³/mol. The summed E-state index contributed by atoms with van der Waals surface area (Å²) in [6.07, 6.45) is 0. The van der Waals surface area contributed by atoms with E-state index < -0.39 is 5.69 Å². The molecule has 138 valence electrons. The zero-order valence-electron chi connectivity index (χ0n) is 14.6. The summed E-state index contributed by atoms with van der Waals surface area (Å²) in [5.74, 6) is 0.674. The van der Waals surface area contributed by atoms with E-state index in [-0.39, 0.29) is 34.7 Å². The number of rotatable bonds is 4. The summed E-state index contributed by atoms with van der Waals surface area (Å²) in [6.45, 7) is 3.50. The number of H-pyrrole nitrogens is 1. The number of halogens is 1. The fourth-order valence-corrected chi connectivity index (χ4v) is 3.21. The third kappa shape index (κ3) is 2.58. The number of nitrogen functional groups attached to an aromatic ring is 1. The molecule has 0 saturated heterocycles. The summed E-state index contributed by atoms with van der Waals surface area (Å²) < 4.78 is 12.9. The average molecular weight is 382 g/mol. The molecule has 26 heavy (non-hydrogen) atoms. The first-order valence-corrected chi connectivity index (χ1v) is 7.94. The average Bonchev–Trinajstić information content (AvgIpc) is 2.88. The van der Waals surface area contributed by atoms with Gasteiger partial charge < -0.3 is 20.2 Å². The molecule has 3 rings (SSSR count). The number of nitrogens with zero attached hydrogens (tertiary/aromatic N) is 4. The van der Waals surface area contributed by atoms with Crippen LogP contribution in [0.1, 0.15) is 16.8 Å². The summed E-state index contributed by atoms with van der Waals surface area (Å²) >= 11 is 6.02. The molecule has 0 unspecified atom stereocenters. The number of fused-ring (bicyclic) bond motifs is 1. The van der Waals surface area contributed by atoms with Gasteiger partial charge in [-0.05, 0) is 13.8 Å². The molecule has 0 amide bonds. The highest BCUT2D eigenvalue weighted by Crippen LogP contribution is 2.30. The van der Waals surface area contributed by atoms with Crippen LogP contribution in [0.3, 0.4) is 0 Å². The number of nitrogens with two attached hydrogens (primary N) is 1. The molecule has 10 nitrogen and oxygen atoms in total. The van der Waals surface area contributed by atoms with Crippen molar-refractivity contribution in [2.24, 2.45) is 0 Å². The van der Waals surface area contributed by atoms with Crippen molar-refractivity contribution in [2.75, 3.05) is 20.0 Å². The molecule has 0 aliphatic heterocycles. The lowest BCUT2D eigenvalue weighted by Crippen LogP contribution is -2.41. The maximum Gasteiger partial charge on any atom is 0.423 e. The molecule has 0 bridgehead atoms. The highest BCUT2D eigenvalue weighted by Gasteiger charge is 2.30. The summed E-state index contributed by atoms with van der Waals surface area (Å²) in [4.78, 5) is 22.9. The van der Waals surface area contributed by atoms with Crippen molar-refractivity contribution in [2.45, 2.75) is 20.4 Å². The Balaban J connectivity index is 2.27. The predicted octanol–water partition coefficient (Wildman–Crippen LogP) is 0.562. The van der Waals surface area contributed by atoms with Gasteiger partial charge in [-0.2, -0.15) is 9.97 Å². The zero-order valence-corrected chi connectivity index (χ0v) is 15.4. The van der Waals surface area contributed by atoms with Gasteiger partial charge in [0.05, 0.1) is 24.5 Å². The van der Waals surface area contributed by atoms with E-state index in [1.54, 1.807) is 13.8 Å². The summed E-state index contributed by atoms with van der Waals surface area (Å²) in [7, 11) is 2.95. The SMILES string of the molecule is COc1c(C)c(Cn2c(=O)[nH]c3c(Cl)nc(N)nc32)[n+](O)c(OC)c1C. The van der Waals surface area contributed by atoms with Crippen LogP contribution in [0.25, 0.3) is 11.2 Å². The fourth-order valence-electron chi connectivity index (χ4n) is 2.99. The van der Waals surface area contributed by atoms with E-state index in [0.29, 0.717) is 22.6 Å². The Morgan fingerprint density at radius 2 is 1.96 bits per heavy atom. The number of hydrogen-bond donors (Lipinski definition) is 3. The summed E-state index contributed by atoms with van der Waals surface area (Å²) in [6, 6.07) is 0. The first-order valence-electron chi connectivity index (χ1n) is 7.57. The Morgan fingerprint density at radius 3 is 2.58 bits per heavy atom. The van der Waals surface area contributed by atoms with Crippen molar-refractivity contribution < 1.29 is 19.4 Å². The molecule has 0 saturated carbocycles. The molecule has 0 atom stereocenters. The van der Waals surface area contributed by atoms with Crippen molar-refractivity contribution in [3.8, 4) is 11.6 Å². The van der Waals surface area contributed by atoms with Crippen LogP contribution >= 0.6 is 11.6 Å². The number of ether oxygens (including phenoxy) is 2. The van der Waals surface area contributed by atoms with Crippen LogP contribution in [0, 0.1) is 13.8 Å². The van der Waals surface area contributed by atoms with Crippen LogP contribution in [-0.4, -0.2) is 38.9 Å². The topological polar surface area (TPSA) is 132 Å². The first-order chi connectivity index (χ1) is 12.3. The number of aromatic nitrogens is 5. The van der Waals surface area contributed by atoms with E-state index in [4.69, 9.17) is 26.8 Å². The second-order valence-electron chi connectivity index (χ2n) is 5.64. The fraction of sp³-hybridized carbons (Fsp3) is 0.333. The van der Waals surface area contributed by atoms with Gasteiger partial charge in [0.2, 0.25) is 5.95 Å². The minimum Gasteiger partial charge on any atom is -0.496 e. The lowest BCUT2D eigenvalue weighted by Gasteiger charge is -2.12. The van der Waals surface area contributed by atoms with E-state index in [2.05, 4.69) is 15.0 Å². The van der Waals surface area contributed by atoms with Gasteiger partial charge in [-0.1, -0.05) is 11.6 Å². The third-order valence-electron chi connectivity index (χ3n) is 4.18. The minimum absolute atomic E-state index is 0.0268. The molecule has 3 heterocycles. The van der Waals surface area contributed by atoms with Gasteiger partial charge in [-0.3, -0.25) is 9.77 Å². The van der Waals surface area contributed by atoms with E-state index in [1.165, 1.54) is 18.8 Å².